The first kappa shape index (κ1) is 23.2. The van der Waals surface area contributed by atoms with Gasteiger partial charge in [0.2, 0.25) is 11.2 Å². The molecule has 32 heavy (non-hydrogen) atoms. The second-order valence-electron chi connectivity index (χ2n) is 8.58. The van der Waals surface area contributed by atoms with Gasteiger partial charge in [0.25, 0.3) is 0 Å². The van der Waals surface area contributed by atoms with E-state index in [0.717, 1.165) is 32.1 Å². The third-order valence-corrected chi connectivity index (χ3v) is 6.33. The molecule has 2 fully saturated rings. The van der Waals surface area contributed by atoms with Gasteiger partial charge >= 0.3 is 0 Å². The summed E-state index contributed by atoms with van der Waals surface area (Å²) in [5.74, 6) is 0.693. The average Bonchev–Trinajstić information content (AvgIpc) is 3.49. The summed E-state index contributed by atoms with van der Waals surface area (Å²) >= 11 is 6.19. The van der Waals surface area contributed by atoms with Crippen LogP contribution in [0.4, 0.5) is 5.82 Å². The first-order valence-electron chi connectivity index (χ1n) is 11.4. The third-order valence-electron chi connectivity index (χ3n) is 6.16. The van der Waals surface area contributed by atoms with Crippen LogP contribution in [0.1, 0.15) is 58.1 Å². The van der Waals surface area contributed by atoms with Gasteiger partial charge < -0.3 is 25.2 Å². The number of imidazole rings is 1. The van der Waals surface area contributed by atoms with Crippen molar-refractivity contribution in [2.45, 2.75) is 76.3 Å². The number of nitrogens with one attached hydrogen (secondary N) is 1. The first-order chi connectivity index (χ1) is 15.5. The van der Waals surface area contributed by atoms with Crippen LogP contribution in [-0.4, -0.2) is 78.5 Å². The van der Waals surface area contributed by atoms with Gasteiger partial charge in [-0.15, -0.1) is 0 Å². The van der Waals surface area contributed by atoms with Crippen LogP contribution in [0, 0.1) is 0 Å². The topological polar surface area (TPSA) is 126 Å². The fourth-order valence-electron chi connectivity index (χ4n) is 4.43. The number of amides is 1. The van der Waals surface area contributed by atoms with E-state index in [1.165, 1.54) is 6.33 Å². The van der Waals surface area contributed by atoms with E-state index < -0.39 is 18.4 Å². The quantitative estimate of drug-likeness (QED) is 0.379. The molecule has 2 aliphatic rings. The number of likely N-dealkylation sites (tertiary alicyclic amines) is 1. The van der Waals surface area contributed by atoms with Gasteiger partial charge in [-0.1, -0.05) is 26.2 Å². The summed E-state index contributed by atoms with van der Waals surface area (Å²) in [5.41, 5.74) is 0.957. The van der Waals surface area contributed by atoms with Gasteiger partial charge in [0, 0.05) is 32.0 Å². The standard InChI is InChI=1S/C21H31ClN6O4/c1-2-3-4-5-6-16(31)27-8-7-13(10-27)24-18-17-19(26-21(22)25-18)28(12-23-17)20-15(30)9-14(11-29)32-20/h12-15,20,29-30H,2-11H2,1H3,(H,24,25,26)/t13-,14+,15-,20-/m1/s1. The molecule has 11 heteroatoms. The van der Waals surface area contributed by atoms with Gasteiger partial charge in [0.1, 0.15) is 6.10 Å². The van der Waals surface area contributed by atoms with Gasteiger partial charge in [-0.3, -0.25) is 9.36 Å². The summed E-state index contributed by atoms with van der Waals surface area (Å²) in [6.07, 6.45) is 5.69. The Labute approximate surface area is 191 Å². The molecule has 0 saturated carbocycles. The smallest absolute Gasteiger partial charge is 0.226 e. The van der Waals surface area contributed by atoms with Crippen LogP contribution in [-0.2, 0) is 9.53 Å². The Hall–Kier alpha value is -2.01. The van der Waals surface area contributed by atoms with Crippen LogP contribution in [0.3, 0.4) is 0 Å². The van der Waals surface area contributed by atoms with Gasteiger partial charge in [-0.25, -0.2) is 4.98 Å². The molecule has 2 aromatic rings. The second kappa shape index (κ2) is 10.3. The highest BCUT2D eigenvalue weighted by Gasteiger charge is 2.36. The SMILES string of the molecule is CCCCCCC(=O)N1CC[C@@H](Nc2nc(Cl)nc3c2ncn3[C@@H]2O[C@H](CO)C[C@H]2O)C1. The zero-order valence-corrected chi connectivity index (χ0v) is 19.0. The lowest BCUT2D eigenvalue weighted by Gasteiger charge is -2.18. The average molecular weight is 467 g/mol. The van der Waals surface area contributed by atoms with Crippen molar-refractivity contribution in [2.24, 2.45) is 0 Å². The first-order valence-corrected chi connectivity index (χ1v) is 11.8. The van der Waals surface area contributed by atoms with Crippen LogP contribution < -0.4 is 5.32 Å². The predicted octanol–water partition coefficient (Wildman–Crippen LogP) is 2.10. The molecule has 4 heterocycles. The van der Waals surface area contributed by atoms with Crippen molar-refractivity contribution in [1.82, 2.24) is 24.4 Å². The summed E-state index contributed by atoms with van der Waals surface area (Å²) in [6.45, 7) is 3.31. The minimum absolute atomic E-state index is 0.0426. The van der Waals surface area contributed by atoms with E-state index in [1.807, 2.05) is 4.90 Å². The summed E-state index contributed by atoms with van der Waals surface area (Å²) < 4.78 is 7.35. The number of nitrogens with zero attached hydrogens (tertiary/aromatic N) is 5. The highest BCUT2D eigenvalue weighted by atomic mass is 35.5. The highest BCUT2D eigenvalue weighted by molar-refractivity contribution is 6.28. The number of aromatic nitrogens is 4. The summed E-state index contributed by atoms with van der Waals surface area (Å²) in [6, 6.07) is 0.0426. The van der Waals surface area contributed by atoms with E-state index in [2.05, 4.69) is 27.2 Å². The molecule has 176 valence electrons. The van der Waals surface area contributed by atoms with Crippen LogP contribution in [0.25, 0.3) is 11.2 Å². The number of hydrogen-bond donors (Lipinski definition) is 3. The van der Waals surface area contributed by atoms with Crippen LogP contribution in [0.15, 0.2) is 6.33 Å². The van der Waals surface area contributed by atoms with Crippen molar-refractivity contribution in [3.63, 3.8) is 0 Å². The number of aliphatic hydroxyl groups excluding tert-OH is 2. The molecule has 0 aliphatic carbocycles. The molecular formula is C21H31ClN6O4. The van der Waals surface area contributed by atoms with Crippen molar-refractivity contribution in [1.29, 1.82) is 0 Å². The molecule has 3 N–H and O–H groups in total. The lowest BCUT2D eigenvalue weighted by atomic mass is 10.1. The van der Waals surface area contributed by atoms with Gasteiger partial charge in [-0.05, 0) is 24.4 Å². The normalized spacial score (nSPS) is 25.7. The molecule has 2 saturated heterocycles. The Morgan fingerprint density at radius 1 is 1.34 bits per heavy atom. The maximum absolute atomic E-state index is 12.5. The number of anilines is 1. The molecule has 2 aliphatic heterocycles. The maximum Gasteiger partial charge on any atom is 0.226 e. The molecule has 4 atom stereocenters. The number of fused-ring (bicyclic) bond motifs is 1. The van der Waals surface area contributed by atoms with E-state index in [0.29, 0.717) is 42.9 Å². The molecule has 4 rings (SSSR count). The Balaban J connectivity index is 1.44. The Kier molecular flexibility index (Phi) is 7.44. The van der Waals surface area contributed by atoms with Crippen molar-refractivity contribution in [3.05, 3.63) is 11.6 Å². The minimum atomic E-state index is -0.790. The lowest BCUT2D eigenvalue weighted by molar-refractivity contribution is -0.130. The van der Waals surface area contributed by atoms with E-state index in [4.69, 9.17) is 16.3 Å². The number of carbonyl (C=O) groups excluding carboxylic acids is 1. The molecule has 0 spiro atoms. The molecule has 0 aromatic carbocycles. The number of hydrogen-bond acceptors (Lipinski definition) is 8. The summed E-state index contributed by atoms with van der Waals surface area (Å²) in [4.78, 5) is 27.4. The fraction of sp³-hybridized carbons (Fsp3) is 0.714. The number of halogens is 1. The maximum atomic E-state index is 12.5. The summed E-state index contributed by atoms with van der Waals surface area (Å²) in [5, 5.41) is 23.1. The molecule has 0 unspecified atom stereocenters. The van der Waals surface area contributed by atoms with Crippen LogP contribution >= 0.6 is 11.6 Å². The van der Waals surface area contributed by atoms with Crippen molar-refractivity contribution in [2.75, 3.05) is 25.0 Å². The Bertz CT molecular complexity index is 940. The van der Waals surface area contributed by atoms with E-state index >= 15 is 0 Å². The molecular weight excluding hydrogens is 436 g/mol. The van der Waals surface area contributed by atoms with Gasteiger partial charge in [0.05, 0.1) is 19.0 Å². The monoisotopic (exact) mass is 466 g/mol. The van der Waals surface area contributed by atoms with E-state index in [9.17, 15) is 15.0 Å². The molecule has 10 nitrogen and oxygen atoms in total. The van der Waals surface area contributed by atoms with Crippen LogP contribution in [0.2, 0.25) is 5.28 Å². The van der Waals surface area contributed by atoms with Crippen molar-refractivity contribution in [3.8, 4) is 0 Å². The number of aliphatic hydroxyl groups is 2. The lowest BCUT2D eigenvalue weighted by Crippen LogP contribution is -2.31. The number of unbranched alkanes of at least 4 members (excludes halogenated alkanes) is 3. The summed E-state index contributed by atoms with van der Waals surface area (Å²) in [7, 11) is 0. The largest absolute Gasteiger partial charge is 0.394 e. The van der Waals surface area contributed by atoms with E-state index in [-0.39, 0.29) is 23.8 Å². The Morgan fingerprint density at radius 2 is 2.19 bits per heavy atom. The number of rotatable bonds is 9. The number of carbonyl (C=O) groups is 1. The molecule has 1 amide bonds. The predicted molar refractivity (Wildman–Crippen MR) is 119 cm³/mol. The van der Waals surface area contributed by atoms with Crippen molar-refractivity contribution < 1.29 is 19.7 Å². The Morgan fingerprint density at radius 3 is 2.94 bits per heavy atom. The molecule has 0 radical (unpaired) electrons. The third kappa shape index (κ3) is 4.98. The second-order valence-corrected chi connectivity index (χ2v) is 8.92. The zero-order chi connectivity index (χ0) is 22.7. The number of ether oxygens (including phenoxy) is 1. The van der Waals surface area contributed by atoms with Crippen molar-refractivity contribution >= 4 is 34.5 Å². The van der Waals surface area contributed by atoms with E-state index in [1.54, 1.807) is 4.57 Å². The highest BCUT2D eigenvalue weighted by Crippen LogP contribution is 2.32. The zero-order valence-electron chi connectivity index (χ0n) is 18.3. The van der Waals surface area contributed by atoms with Crippen LogP contribution in [0.5, 0.6) is 0 Å². The van der Waals surface area contributed by atoms with Gasteiger partial charge in [-0.2, -0.15) is 9.97 Å². The van der Waals surface area contributed by atoms with Gasteiger partial charge in [0.15, 0.2) is 23.2 Å². The molecule has 0 bridgehead atoms. The minimum Gasteiger partial charge on any atom is -0.394 e. The molecule has 2 aromatic heterocycles. The fourth-order valence-corrected chi connectivity index (χ4v) is 4.60.